The minimum absolute atomic E-state index is 0.0646. The molecular formula is C17H25NO3. The van der Waals surface area contributed by atoms with E-state index in [0.717, 1.165) is 17.5 Å². The molecule has 0 saturated heterocycles. The van der Waals surface area contributed by atoms with Crippen LogP contribution in [0.1, 0.15) is 54.6 Å². The van der Waals surface area contributed by atoms with Crippen LogP contribution in [0.25, 0.3) is 0 Å². The molecule has 0 aromatic heterocycles. The Kier molecular flexibility index (Phi) is 5.94. The molecule has 1 rings (SSSR count). The fraction of sp³-hybridized carbons (Fsp3) is 0.529. The highest BCUT2D eigenvalue weighted by atomic mass is 16.4. The first kappa shape index (κ1) is 17.2. The van der Waals surface area contributed by atoms with E-state index in [2.05, 4.69) is 5.32 Å². The van der Waals surface area contributed by atoms with Gasteiger partial charge >= 0.3 is 5.97 Å². The van der Waals surface area contributed by atoms with Crippen LogP contribution >= 0.6 is 0 Å². The summed E-state index contributed by atoms with van der Waals surface area (Å²) in [4.78, 5) is 22.8. The number of carbonyl (C=O) groups is 2. The fourth-order valence-corrected chi connectivity index (χ4v) is 2.18. The molecule has 0 aliphatic heterocycles. The third-order valence-corrected chi connectivity index (χ3v) is 3.95. The second-order valence-corrected chi connectivity index (χ2v) is 6.31. The summed E-state index contributed by atoms with van der Waals surface area (Å²) in [5.41, 5.74) is 2.72. The standard InChI is InChI=1S/C17H25NO3/c1-12-6-5-7-14(13(12)2)16(21)18-11-10-17(3,4)9-8-15(19)20/h5-7H,8-11H2,1-4H3,(H,18,21)(H,19,20). The van der Waals surface area contributed by atoms with Crippen molar-refractivity contribution < 1.29 is 14.7 Å². The third kappa shape index (κ3) is 5.58. The Morgan fingerprint density at radius 2 is 1.86 bits per heavy atom. The first-order chi connectivity index (χ1) is 9.73. The SMILES string of the molecule is Cc1cccc(C(=O)NCCC(C)(C)CCC(=O)O)c1C. The predicted molar refractivity (Wildman–Crippen MR) is 83.5 cm³/mol. The Morgan fingerprint density at radius 1 is 1.19 bits per heavy atom. The molecule has 0 atom stereocenters. The normalized spacial score (nSPS) is 11.2. The summed E-state index contributed by atoms with van der Waals surface area (Å²) in [6, 6.07) is 5.70. The van der Waals surface area contributed by atoms with E-state index in [-0.39, 0.29) is 17.7 Å². The van der Waals surface area contributed by atoms with Gasteiger partial charge in [-0.25, -0.2) is 0 Å². The van der Waals surface area contributed by atoms with Gasteiger partial charge in [-0.15, -0.1) is 0 Å². The van der Waals surface area contributed by atoms with E-state index in [1.54, 1.807) is 0 Å². The van der Waals surface area contributed by atoms with Crippen LogP contribution in [0.5, 0.6) is 0 Å². The molecule has 1 aromatic rings. The van der Waals surface area contributed by atoms with E-state index in [1.807, 2.05) is 45.9 Å². The molecule has 2 N–H and O–H groups in total. The molecule has 0 saturated carbocycles. The van der Waals surface area contributed by atoms with Crippen molar-refractivity contribution in [2.24, 2.45) is 5.41 Å². The van der Waals surface area contributed by atoms with Gasteiger partial charge in [0.2, 0.25) is 0 Å². The number of rotatable bonds is 7. The topological polar surface area (TPSA) is 66.4 Å². The van der Waals surface area contributed by atoms with E-state index in [9.17, 15) is 9.59 Å². The summed E-state index contributed by atoms with van der Waals surface area (Å²) >= 11 is 0. The lowest BCUT2D eigenvalue weighted by Crippen LogP contribution is -2.29. The minimum Gasteiger partial charge on any atom is -0.481 e. The van der Waals surface area contributed by atoms with Crippen molar-refractivity contribution in [1.82, 2.24) is 5.32 Å². The molecule has 1 amide bonds. The van der Waals surface area contributed by atoms with Crippen molar-refractivity contribution in [3.63, 3.8) is 0 Å². The minimum atomic E-state index is -0.775. The Balaban J connectivity index is 2.50. The number of hydrogen-bond acceptors (Lipinski definition) is 2. The van der Waals surface area contributed by atoms with Crippen molar-refractivity contribution in [1.29, 1.82) is 0 Å². The molecule has 0 spiro atoms. The van der Waals surface area contributed by atoms with Crippen molar-refractivity contribution >= 4 is 11.9 Å². The molecule has 0 heterocycles. The lowest BCUT2D eigenvalue weighted by molar-refractivity contribution is -0.137. The van der Waals surface area contributed by atoms with Gasteiger partial charge in [-0.1, -0.05) is 26.0 Å². The van der Waals surface area contributed by atoms with E-state index in [0.29, 0.717) is 18.5 Å². The molecule has 116 valence electrons. The molecule has 0 aliphatic rings. The maximum Gasteiger partial charge on any atom is 0.303 e. The number of aryl methyl sites for hydroxylation is 1. The van der Waals surface area contributed by atoms with Crippen LogP contribution in [0.15, 0.2) is 18.2 Å². The zero-order valence-electron chi connectivity index (χ0n) is 13.3. The van der Waals surface area contributed by atoms with Gasteiger partial charge < -0.3 is 10.4 Å². The maximum absolute atomic E-state index is 12.2. The van der Waals surface area contributed by atoms with Crippen LogP contribution in [0.2, 0.25) is 0 Å². The summed E-state index contributed by atoms with van der Waals surface area (Å²) in [7, 11) is 0. The van der Waals surface area contributed by atoms with Crippen molar-refractivity contribution in [3.05, 3.63) is 34.9 Å². The van der Waals surface area contributed by atoms with Gasteiger partial charge in [-0.2, -0.15) is 0 Å². The third-order valence-electron chi connectivity index (χ3n) is 3.95. The number of benzene rings is 1. The quantitative estimate of drug-likeness (QED) is 0.810. The van der Waals surface area contributed by atoms with E-state index < -0.39 is 5.97 Å². The fourth-order valence-electron chi connectivity index (χ4n) is 2.18. The lowest BCUT2D eigenvalue weighted by atomic mass is 9.84. The zero-order chi connectivity index (χ0) is 16.0. The van der Waals surface area contributed by atoms with Crippen LogP contribution in [0, 0.1) is 19.3 Å². The monoisotopic (exact) mass is 291 g/mol. The van der Waals surface area contributed by atoms with Crippen LogP contribution in [0.4, 0.5) is 0 Å². The first-order valence-electron chi connectivity index (χ1n) is 7.29. The number of hydrogen-bond donors (Lipinski definition) is 2. The predicted octanol–water partition coefficient (Wildman–Crippen LogP) is 3.31. The number of carboxylic acids is 1. The smallest absolute Gasteiger partial charge is 0.303 e. The molecule has 0 radical (unpaired) electrons. The second-order valence-electron chi connectivity index (χ2n) is 6.31. The molecule has 21 heavy (non-hydrogen) atoms. The summed E-state index contributed by atoms with van der Waals surface area (Å²) in [5, 5.41) is 11.7. The lowest BCUT2D eigenvalue weighted by Gasteiger charge is -2.24. The van der Waals surface area contributed by atoms with Crippen molar-refractivity contribution in [2.75, 3.05) is 6.54 Å². The van der Waals surface area contributed by atoms with Gasteiger partial charge in [0.1, 0.15) is 0 Å². The van der Waals surface area contributed by atoms with Gasteiger partial charge in [0.25, 0.3) is 5.91 Å². The van der Waals surface area contributed by atoms with E-state index in [4.69, 9.17) is 5.11 Å². The summed E-state index contributed by atoms with van der Waals surface area (Å²) in [6.07, 6.45) is 1.54. The Bertz CT molecular complexity index is 521. The number of amides is 1. The average Bonchev–Trinajstić information content (AvgIpc) is 2.39. The summed E-state index contributed by atoms with van der Waals surface area (Å²) in [5.74, 6) is -0.840. The van der Waals surface area contributed by atoms with Gasteiger partial charge in [-0.05, 0) is 49.3 Å². The highest BCUT2D eigenvalue weighted by molar-refractivity contribution is 5.95. The Morgan fingerprint density at radius 3 is 2.48 bits per heavy atom. The van der Waals surface area contributed by atoms with Gasteiger partial charge in [-0.3, -0.25) is 9.59 Å². The maximum atomic E-state index is 12.2. The molecule has 1 aromatic carbocycles. The number of aliphatic carboxylic acids is 1. The highest BCUT2D eigenvalue weighted by Crippen LogP contribution is 2.26. The van der Waals surface area contributed by atoms with Crippen LogP contribution < -0.4 is 5.32 Å². The van der Waals surface area contributed by atoms with Crippen molar-refractivity contribution in [3.8, 4) is 0 Å². The number of carbonyl (C=O) groups excluding carboxylic acids is 1. The Hall–Kier alpha value is -1.84. The van der Waals surface area contributed by atoms with E-state index in [1.165, 1.54) is 0 Å². The van der Waals surface area contributed by atoms with Crippen LogP contribution in [0.3, 0.4) is 0 Å². The van der Waals surface area contributed by atoms with Gasteiger partial charge in [0.15, 0.2) is 0 Å². The molecular weight excluding hydrogens is 266 g/mol. The molecule has 4 heteroatoms. The zero-order valence-corrected chi connectivity index (χ0v) is 13.3. The summed E-state index contributed by atoms with van der Waals surface area (Å²) in [6.45, 7) is 8.54. The second kappa shape index (κ2) is 7.25. The van der Waals surface area contributed by atoms with Gasteiger partial charge in [0, 0.05) is 18.5 Å². The molecule has 0 unspecified atom stereocenters. The molecule has 0 aliphatic carbocycles. The number of nitrogens with one attached hydrogen (secondary N) is 1. The molecule has 0 fully saturated rings. The summed E-state index contributed by atoms with van der Waals surface area (Å²) < 4.78 is 0. The molecule has 0 bridgehead atoms. The Labute approximate surface area is 126 Å². The largest absolute Gasteiger partial charge is 0.481 e. The van der Waals surface area contributed by atoms with Gasteiger partial charge in [0.05, 0.1) is 0 Å². The van der Waals surface area contributed by atoms with Crippen LogP contribution in [-0.2, 0) is 4.79 Å². The number of carboxylic acid groups (broad SMARTS) is 1. The average molecular weight is 291 g/mol. The highest BCUT2D eigenvalue weighted by Gasteiger charge is 2.19. The van der Waals surface area contributed by atoms with Crippen molar-refractivity contribution in [2.45, 2.75) is 47.0 Å². The molecule has 4 nitrogen and oxygen atoms in total. The van der Waals surface area contributed by atoms with Crippen LogP contribution in [-0.4, -0.2) is 23.5 Å². The first-order valence-corrected chi connectivity index (χ1v) is 7.29. The van der Waals surface area contributed by atoms with E-state index >= 15 is 0 Å².